The zero-order chi connectivity index (χ0) is 12.3. The van der Waals surface area contributed by atoms with E-state index in [-0.39, 0.29) is 5.78 Å². The Hall–Kier alpha value is -1.71. The fourth-order valence-electron chi connectivity index (χ4n) is 1.27. The number of ketones is 1. The van der Waals surface area contributed by atoms with Gasteiger partial charge in [0.15, 0.2) is 10.1 Å². The van der Waals surface area contributed by atoms with Gasteiger partial charge in [-0.1, -0.05) is 11.8 Å². The Morgan fingerprint density at radius 2 is 2.35 bits per heavy atom. The molecule has 0 aliphatic heterocycles. The molecule has 6 heteroatoms. The highest BCUT2D eigenvalue weighted by atomic mass is 32.2. The van der Waals surface area contributed by atoms with E-state index in [0.29, 0.717) is 11.1 Å². The van der Waals surface area contributed by atoms with Gasteiger partial charge in [0, 0.05) is 10.5 Å². The number of aromatic nitrogens is 2. The normalized spacial score (nSPS) is 9.88. The van der Waals surface area contributed by atoms with Crippen LogP contribution in [-0.2, 0) is 0 Å². The average Bonchev–Trinajstić information content (AvgIpc) is 2.81. The number of carbonyl (C=O) groups is 1. The molecule has 0 saturated carbocycles. The number of nitrogens with zero attached hydrogens (tertiary/aromatic N) is 3. The van der Waals surface area contributed by atoms with Crippen LogP contribution < -0.4 is 0 Å². The summed E-state index contributed by atoms with van der Waals surface area (Å²) in [7, 11) is 0. The first-order valence-electron chi connectivity index (χ1n) is 4.70. The standard InChI is InChI=1S/C11H7N3OS2/c1-7(15)9-3-2-8(5-12)4-10(9)16-11-13-6-14-17-11/h2-4,6H,1H3. The number of carbonyl (C=O) groups excluding carboxylic acids is 1. The van der Waals surface area contributed by atoms with Gasteiger partial charge in [-0.25, -0.2) is 4.98 Å². The van der Waals surface area contributed by atoms with Crippen molar-refractivity contribution in [2.24, 2.45) is 0 Å². The van der Waals surface area contributed by atoms with Gasteiger partial charge in [-0.15, -0.1) is 0 Å². The molecular formula is C11H7N3OS2. The Morgan fingerprint density at radius 3 is 2.94 bits per heavy atom. The maximum absolute atomic E-state index is 11.5. The van der Waals surface area contributed by atoms with E-state index < -0.39 is 0 Å². The van der Waals surface area contributed by atoms with E-state index in [4.69, 9.17) is 5.26 Å². The maximum Gasteiger partial charge on any atom is 0.174 e. The summed E-state index contributed by atoms with van der Waals surface area (Å²) in [5.74, 6) is -0.0264. The van der Waals surface area contributed by atoms with Crippen molar-refractivity contribution in [3.05, 3.63) is 35.7 Å². The zero-order valence-electron chi connectivity index (χ0n) is 8.88. The number of hydrogen-bond acceptors (Lipinski definition) is 6. The van der Waals surface area contributed by atoms with E-state index in [1.54, 1.807) is 18.2 Å². The van der Waals surface area contributed by atoms with Gasteiger partial charge in [0.1, 0.15) is 6.33 Å². The lowest BCUT2D eigenvalue weighted by Crippen LogP contribution is -1.95. The van der Waals surface area contributed by atoms with Crippen LogP contribution in [0.1, 0.15) is 22.8 Å². The highest BCUT2D eigenvalue weighted by molar-refractivity contribution is 8.01. The van der Waals surface area contributed by atoms with Crippen molar-refractivity contribution >= 4 is 29.1 Å². The van der Waals surface area contributed by atoms with Crippen molar-refractivity contribution in [1.82, 2.24) is 9.36 Å². The van der Waals surface area contributed by atoms with Gasteiger partial charge in [-0.2, -0.15) is 9.64 Å². The summed E-state index contributed by atoms with van der Waals surface area (Å²) in [6.45, 7) is 1.51. The van der Waals surface area contributed by atoms with Gasteiger partial charge in [-0.3, -0.25) is 4.79 Å². The van der Waals surface area contributed by atoms with E-state index in [2.05, 4.69) is 15.4 Å². The van der Waals surface area contributed by atoms with Crippen LogP contribution >= 0.6 is 23.3 Å². The molecule has 0 fully saturated rings. The molecule has 0 saturated heterocycles. The Kier molecular flexibility index (Phi) is 3.52. The van der Waals surface area contributed by atoms with Crippen molar-refractivity contribution in [3.63, 3.8) is 0 Å². The molecule has 0 amide bonds. The summed E-state index contributed by atoms with van der Waals surface area (Å²) >= 11 is 2.61. The fraction of sp³-hybridized carbons (Fsp3) is 0.0909. The lowest BCUT2D eigenvalue weighted by atomic mass is 10.1. The van der Waals surface area contributed by atoms with Gasteiger partial charge >= 0.3 is 0 Å². The molecular weight excluding hydrogens is 254 g/mol. The Bertz CT molecular complexity index is 587. The van der Waals surface area contributed by atoms with Crippen LogP contribution in [0, 0.1) is 11.3 Å². The molecule has 2 aromatic rings. The first kappa shape index (κ1) is 11.8. The lowest BCUT2D eigenvalue weighted by Gasteiger charge is -2.04. The minimum Gasteiger partial charge on any atom is -0.294 e. The first-order chi connectivity index (χ1) is 8.20. The highest BCUT2D eigenvalue weighted by Gasteiger charge is 2.11. The van der Waals surface area contributed by atoms with Gasteiger partial charge in [0.25, 0.3) is 0 Å². The monoisotopic (exact) mass is 261 g/mol. The van der Waals surface area contributed by atoms with Crippen molar-refractivity contribution in [1.29, 1.82) is 5.26 Å². The molecule has 0 unspecified atom stereocenters. The van der Waals surface area contributed by atoms with Crippen molar-refractivity contribution in [2.45, 2.75) is 16.2 Å². The molecule has 0 radical (unpaired) electrons. The molecule has 0 atom stereocenters. The third kappa shape index (κ3) is 2.70. The first-order valence-corrected chi connectivity index (χ1v) is 6.29. The van der Waals surface area contributed by atoms with E-state index in [1.807, 2.05) is 0 Å². The molecule has 1 aromatic carbocycles. The van der Waals surface area contributed by atoms with Crippen molar-refractivity contribution in [2.75, 3.05) is 0 Å². The van der Waals surface area contributed by atoms with Gasteiger partial charge in [0.05, 0.1) is 11.6 Å². The molecule has 1 heterocycles. The molecule has 4 nitrogen and oxygen atoms in total. The predicted octanol–water partition coefficient (Wildman–Crippen LogP) is 2.76. The molecule has 0 aliphatic rings. The predicted molar refractivity (Wildman–Crippen MR) is 65.2 cm³/mol. The molecule has 0 N–H and O–H groups in total. The number of Topliss-reactive ketones (excluding diaryl/α,β-unsaturated/α-hetero) is 1. The van der Waals surface area contributed by atoms with Crippen LogP contribution in [0.4, 0.5) is 0 Å². The zero-order valence-corrected chi connectivity index (χ0v) is 10.5. The van der Waals surface area contributed by atoms with Crippen LogP contribution in [0.2, 0.25) is 0 Å². The molecule has 1 aromatic heterocycles. The molecule has 0 spiro atoms. The largest absolute Gasteiger partial charge is 0.294 e. The summed E-state index contributed by atoms with van der Waals surface area (Å²) in [5, 5.41) is 8.85. The minimum absolute atomic E-state index is 0.0264. The molecule has 17 heavy (non-hydrogen) atoms. The van der Waals surface area contributed by atoms with Gasteiger partial charge in [0.2, 0.25) is 0 Å². The van der Waals surface area contributed by atoms with Gasteiger partial charge < -0.3 is 0 Å². The van der Waals surface area contributed by atoms with Gasteiger partial charge in [-0.05, 0) is 36.7 Å². The summed E-state index contributed by atoms with van der Waals surface area (Å²) in [6, 6.07) is 7.06. The number of rotatable bonds is 3. The molecule has 0 bridgehead atoms. The van der Waals surface area contributed by atoms with Crippen LogP contribution in [0.15, 0.2) is 33.8 Å². The lowest BCUT2D eigenvalue weighted by molar-refractivity contribution is 0.101. The Labute approximate surface area is 106 Å². The van der Waals surface area contributed by atoms with E-state index in [9.17, 15) is 4.79 Å². The quantitative estimate of drug-likeness (QED) is 0.795. The second-order valence-electron chi connectivity index (χ2n) is 3.19. The molecule has 84 valence electrons. The smallest absolute Gasteiger partial charge is 0.174 e. The van der Waals surface area contributed by atoms with Crippen molar-refractivity contribution in [3.8, 4) is 6.07 Å². The van der Waals surface area contributed by atoms with Crippen LogP contribution in [0.25, 0.3) is 0 Å². The third-order valence-electron chi connectivity index (χ3n) is 2.03. The summed E-state index contributed by atoms with van der Waals surface area (Å²) in [4.78, 5) is 16.3. The second-order valence-corrected chi connectivity index (χ2v) is 5.26. The van der Waals surface area contributed by atoms with Crippen LogP contribution in [0.5, 0.6) is 0 Å². The summed E-state index contributed by atoms with van der Waals surface area (Å²) in [6.07, 6.45) is 1.47. The summed E-state index contributed by atoms with van der Waals surface area (Å²) < 4.78 is 4.65. The third-order valence-corrected chi connectivity index (χ3v) is 3.80. The van der Waals surface area contributed by atoms with Crippen molar-refractivity contribution < 1.29 is 4.79 Å². The van der Waals surface area contributed by atoms with Crippen LogP contribution in [-0.4, -0.2) is 15.1 Å². The van der Waals surface area contributed by atoms with E-state index >= 15 is 0 Å². The number of nitriles is 1. The fourth-order valence-corrected chi connectivity index (χ4v) is 2.89. The highest BCUT2D eigenvalue weighted by Crippen LogP contribution is 2.31. The Morgan fingerprint density at radius 1 is 1.53 bits per heavy atom. The number of hydrogen-bond donors (Lipinski definition) is 0. The SMILES string of the molecule is CC(=O)c1ccc(C#N)cc1Sc1ncns1. The van der Waals surface area contributed by atoms with E-state index in [0.717, 1.165) is 9.24 Å². The molecule has 2 rings (SSSR count). The number of benzene rings is 1. The second kappa shape index (κ2) is 5.08. The molecule has 0 aliphatic carbocycles. The minimum atomic E-state index is -0.0264. The maximum atomic E-state index is 11.5. The van der Waals surface area contributed by atoms with Crippen LogP contribution in [0.3, 0.4) is 0 Å². The Balaban J connectivity index is 2.42. The average molecular weight is 261 g/mol. The summed E-state index contributed by atoms with van der Waals surface area (Å²) in [5.41, 5.74) is 1.13. The van der Waals surface area contributed by atoms with E-state index in [1.165, 1.54) is 36.5 Å². The topological polar surface area (TPSA) is 66.6 Å².